The van der Waals surface area contributed by atoms with Crippen molar-refractivity contribution in [2.24, 2.45) is 0 Å². The SMILES string of the molecule is [Ag].[Co].[Cu].[Fe].[Ni]. The van der Waals surface area contributed by atoms with Crippen molar-refractivity contribution in [3.63, 3.8) is 0 Å². The Bertz CT molecular complexity index is 11.6. The molecule has 0 spiro atoms. The van der Waals surface area contributed by atoms with Crippen LogP contribution in [0.5, 0.6) is 0 Å². The molecule has 0 bridgehead atoms. The van der Waals surface area contributed by atoms with E-state index in [0.29, 0.717) is 0 Å². The molecule has 0 N–H and O–H groups in total. The molecule has 0 aliphatic carbocycles. The second-order valence-corrected chi connectivity index (χ2v) is 0. The summed E-state index contributed by atoms with van der Waals surface area (Å²) in [5, 5.41) is 0. The Hall–Kier alpha value is 2.78. The van der Waals surface area contributed by atoms with Crippen LogP contribution in [0.4, 0.5) is 0 Å². The first-order chi connectivity index (χ1) is 0. The summed E-state index contributed by atoms with van der Waals surface area (Å²) in [6.07, 6.45) is 0. The maximum absolute atomic E-state index is 0. The third-order valence-electron chi connectivity index (χ3n) is 0. The standard InChI is InChI=1S/Ag.Co.Cu.Fe.Ni. The summed E-state index contributed by atoms with van der Waals surface area (Å²) in [5.74, 6) is 0. The van der Waals surface area contributed by atoms with Crippen molar-refractivity contribution in [3.05, 3.63) is 0 Å². The Kier molecular flexibility index (Phi) is 271. The van der Waals surface area contributed by atoms with Crippen molar-refractivity contribution in [1.29, 1.82) is 0 Å². The summed E-state index contributed by atoms with van der Waals surface area (Å²) in [6.45, 7) is 0. The van der Waals surface area contributed by atoms with Gasteiger partial charge in [-0.15, -0.1) is 0 Å². The summed E-state index contributed by atoms with van der Waals surface area (Å²) in [5.41, 5.74) is 0. The smallest absolute Gasteiger partial charge is 0 e. The molecule has 0 rings (SSSR count). The van der Waals surface area contributed by atoms with Gasteiger partial charge in [0.2, 0.25) is 0 Å². The van der Waals surface area contributed by atoms with Crippen LogP contribution < -0.4 is 0 Å². The van der Waals surface area contributed by atoms with Gasteiger partial charge in [-0.2, -0.15) is 0 Å². The Morgan fingerprint density at radius 3 is 1.00 bits per heavy atom. The monoisotopic (exact) mass is 343 g/mol. The molecule has 0 heterocycles. The molecule has 0 aliphatic heterocycles. The first-order valence-electron chi connectivity index (χ1n) is 0. The van der Waals surface area contributed by atoms with Crippen molar-refractivity contribution in [2.75, 3.05) is 0 Å². The van der Waals surface area contributed by atoms with Crippen LogP contribution in [0.25, 0.3) is 0 Å². The van der Waals surface area contributed by atoms with Crippen LogP contribution in [0.3, 0.4) is 0 Å². The molecule has 0 aliphatic rings. The Morgan fingerprint density at radius 1 is 1.00 bits per heavy atom. The van der Waals surface area contributed by atoms with E-state index in [1.54, 1.807) is 0 Å². The zero-order chi connectivity index (χ0) is 0. The minimum absolute atomic E-state index is 0. The third kappa shape index (κ3) is 20.0. The van der Waals surface area contributed by atoms with E-state index in [-0.39, 0.29) is 89.8 Å². The van der Waals surface area contributed by atoms with Crippen LogP contribution in [0.2, 0.25) is 0 Å². The predicted octanol–water partition coefficient (Wildman–Crippen LogP) is -0.0125. The van der Waals surface area contributed by atoms with Crippen LogP contribution >= 0.6 is 0 Å². The van der Waals surface area contributed by atoms with Gasteiger partial charge in [-0.25, -0.2) is 0 Å². The van der Waals surface area contributed by atoms with Crippen molar-refractivity contribution >= 4 is 0 Å². The number of hydrogen-bond donors (Lipinski definition) is 0. The molecule has 0 amide bonds. The Balaban J connectivity index is 0. The summed E-state index contributed by atoms with van der Waals surface area (Å²) in [7, 11) is 0. The maximum atomic E-state index is 0. The van der Waals surface area contributed by atoms with Gasteiger partial charge in [0.1, 0.15) is 0 Å². The van der Waals surface area contributed by atoms with Gasteiger partial charge in [-0.05, 0) is 0 Å². The molecule has 5 heavy (non-hydrogen) atoms. The molecule has 49 valence electrons. The summed E-state index contributed by atoms with van der Waals surface area (Å²) in [6, 6.07) is 0. The number of rotatable bonds is 0. The van der Waals surface area contributed by atoms with E-state index >= 15 is 0 Å². The topological polar surface area (TPSA) is 0 Å². The average Bonchev–Trinajstić information content (AvgIpc) is 0. The van der Waals surface area contributed by atoms with Crippen LogP contribution in [-0.4, -0.2) is 0 Å². The van der Waals surface area contributed by atoms with Crippen LogP contribution in [0.15, 0.2) is 0 Å². The maximum Gasteiger partial charge on any atom is 0 e. The van der Waals surface area contributed by atoms with Gasteiger partial charge in [0, 0.05) is 89.8 Å². The normalized spacial score (nSPS) is 0. The molecule has 0 aromatic carbocycles. The minimum Gasteiger partial charge on any atom is 0 e. The van der Waals surface area contributed by atoms with Crippen molar-refractivity contribution in [3.8, 4) is 0 Å². The predicted molar refractivity (Wildman–Crippen MR) is 0 cm³/mol. The molecule has 0 saturated carbocycles. The van der Waals surface area contributed by atoms with E-state index < -0.39 is 0 Å². The summed E-state index contributed by atoms with van der Waals surface area (Å²) >= 11 is 0. The van der Waals surface area contributed by atoms with E-state index in [0.717, 1.165) is 0 Å². The summed E-state index contributed by atoms with van der Waals surface area (Å²) in [4.78, 5) is 0. The van der Waals surface area contributed by atoms with Gasteiger partial charge in [0.25, 0.3) is 0 Å². The van der Waals surface area contributed by atoms with Crippen LogP contribution in [-0.2, 0) is 89.8 Å². The quantitative estimate of drug-likeness (QED) is 0.542. The first kappa shape index (κ1) is 46.3. The van der Waals surface area contributed by atoms with Crippen molar-refractivity contribution < 1.29 is 89.8 Å². The molecule has 5 heteroatoms. The molecule has 0 saturated heterocycles. The molecule has 0 atom stereocenters. The molecule has 0 nitrogen and oxygen atoms in total. The molecule has 3 radical (unpaired) electrons. The second kappa shape index (κ2) is 29.3. The van der Waals surface area contributed by atoms with Crippen LogP contribution in [0, 0.1) is 0 Å². The van der Waals surface area contributed by atoms with Gasteiger partial charge in [-0.1, -0.05) is 0 Å². The first-order valence-corrected chi connectivity index (χ1v) is 0. The molecule has 0 aromatic rings. The van der Waals surface area contributed by atoms with Gasteiger partial charge >= 0.3 is 0 Å². The van der Waals surface area contributed by atoms with E-state index in [2.05, 4.69) is 0 Å². The fourth-order valence-corrected chi connectivity index (χ4v) is 0. The largest absolute Gasteiger partial charge is 0 e. The Morgan fingerprint density at radius 2 is 1.00 bits per heavy atom. The van der Waals surface area contributed by atoms with Gasteiger partial charge in [0.05, 0.1) is 0 Å². The Labute approximate surface area is 88.6 Å². The average molecular weight is 345 g/mol. The van der Waals surface area contributed by atoms with E-state index in [9.17, 15) is 0 Å². The molecule has 0 aromatic heterocycles. The fraction of sp³-hybridized carbons (Fsp3) is 0. The second-order valence-electron chi connectivity index (χ2n) is 0. The van der Waals surface area contributed by atoms with Gasteiger partial charge in [-0.3, -0.25) is 0 Å². The van der Waals surface area contributed by atoms with Crippen molar-refractivity contribution in [1.82, 2.24) is 0 Å². The zero-order valence-corrected chi connectivity index (χ0v) is 7.16. The third-order valence-corrected chi connectivity index (χ3v) is 0. The minimum atomic E-state index is 0. The van der Waals surface area contributed by atoms with Crippen LogP contribution in [0.1, 0.15) is 0 Å². The molecular weight excluding hydrogens is 345 g/mol. The molecule has 0 fully saturated rings. The van der Waals surface area contributed by atoms with Gasteiger partial charge < -0.3 is 0 Å². The number of hydrogen-bond acceptors (Lipinski definition) is 0. The van der Waals surface area contributed by atoms with E-state index in [4.69, 9.17) is 0 Å². The molecule has 0 unspecified atom stereocenters. The molecular formula is AgCoCuFeNi. The summed E-state index contributed by atoms with van der Waals surface area (Å²) < 4.78 is 0. The fourth-order valence-electron chi connectivity index (χ4n) is 0. The van der Waals surface area contributed by atoms with E-state index in [1.165, 1.54) is 0 Å². The zero-order valence-electron chi connectivity index (χ0n) is 1.61. The van der Waals surface area contributed by atoms with Gasteiger partial charge in [0.15, 0.2) is 0 Å². The van der Waals surface area contributed by atoms with E-state index in [1.807, 2.05) is 0 Å². The van der Waals surface area contributed by atoms with Crippen molar-refractivity contribution in [2.45, 2.75) is 0 Å².